The molecule has 0 spiro atoms. The monoisotopic (exact) mass is 498 g/mol. The number of methoxy groups -OCH3 is 2. The molecular formula is C27H30O9. The molecule has 36 heavy (non-hydrogen) atoms. The summed E-state index contributed by atoms with van der Waals surface area (Å²) in [6.07, 6.45) is 0. The predicted octanol–water partition coefficient (Wildman–Crippen LogP) is 3.61. The van der Waals surface area contributed by atoms with Crippen molar-refractivity contribution in [2.75, 3.05) is 27.4 Å². The first-order valence-corrected chi connectivity index (χ1v) is 11.2. The van der Waals surface area contributed by atoms with E-state index in [1.807, 2.05) is 0 Å². The van der Waals surface area contributed by atoms with Crippen LogP contribution < -0.4 is 9.47 Å². The SMILES string of the molecule is COc1cc(C(c2ccc(O)c(OC)c2)C(CO)C(COC(C)=O)c2cc(O)cc(O)c2)ccc1O. The minimum Gasteiger partial charge on any atom is -0.508 e. The van der Waals surface area contributed by atoms with E-state index in [9.17, 15) is 30.3 Å². The Labute approximate surface area is 208 Å². The van der Waals surface area contributed by atoms with Gasteiger partial charge in [0.15, 0.2) is 23.0 Å². The van der Waals surface area contributed by atoms with Gasteiger partial charge in [0.05, 0.1) is 20.8 Å². The molecule has 9 nitrogen and oxygen atoms in total. The molecule has 0 aromatic heterocycles. The first-order chi connectivity index (χ1) is 17.2. The van der Waals surface area contributed by atoms with E-state index < -0.39 is 23.7 Å². The smallest absolute Gasteiger partial charge is 0.302 e. The Bertz CT molecular complexity index is 1130. The molecule has 2 atom stereocenters. The Morgan fingerprint density at radius 3 is 1.69 bits per heavy atom. The van der Waals surface area contributed by atoms with Crippen LogP contribution in [0, 0.1) is 5.92 Å². The van der Waals surface area contributed by atoms with Crippen LogP contribution in [0.15, 0.2) is 54.6 Å². The lowest BCUT2D eigenvalue weighted by atomic mass is 9.72. The van der Waals surface area contributed by atoms with Crippen molar-refractivity contribution in [2.24, 2.45) is 5.92 Å². The molecule has 3 rings (SSSR count). The van der Waals surface area contributed by atoms with Crippen LogP contribution in [0.25, 0.3) is 0 Å². The fourth-order valence-corrected chi connectivity index (χ4v) is 4.43. The number of ether oxygens (including phenoxy) is 3. The second-order valence-electron chi connectivity index (χ2n) is 8.38. The Morgan fingerprint density at radius 2 is 1.28 bits per heavy atom. The van der Waals surface area contributed by atoms with Crippen LogP contribution in [0.3, 0.4) is 0 Å². The van der Waals surface area contributed by atoms with Crippen LogP contribution in [0.1, 0.15) is 35.4 Å². The molecule has 2 unspecified atom stereocenters. The summed E-state index contributed by atoms with van der Waals surface area (Å²) in [5.41, 5.74) is 1.73. The zero-order valence-electron chi connectivity index (χ0n) is 20.2. The quantitative estimate of drug-likeness (QED) is 0.265. The first-order valence-electron chi connectivity index (χ1n) is 11.2. The zero-order valence-corrected chi connectivity index (χ0v) is 20.2. The number of hydrogen-bond acceptors (Lipinski definition) is 9. The average molecular weight is 499 g/mol. The van der Waals surface area contributed by atoms with E-state index in [-0.39, 0.29) is 47.7 Å². The lowest BCUT2D eigenvalue weighted by Crippen LogP contribution is -2.29. The van der Waals surface area contributed by atoms with Crippen LogP contribution in [0.5, 0.6) is 34.5 Å². The summed E-state index contributed by atoms with van der Waals surface area (Å²) in [4.78, 5) is 11.7. The third-order valence-corrected chi connectivity index (χ3v) is 6.10. The molecule has 0 radical (unpaired) electrons. The molecule has 0 saturated heterocycles. The molecule has 5 N–H and O–H groups in total. The van der Waals surface area contributed by atoms with Crippen molar-refractivity contribution < 1.29 is 44.5 Å². The largest absolute Gasteiger partial charge is 0.508 e. The van der Waals surface area contributed by atoms with E-state index in [0.717, 1.165) is 0 Å². The molecule has 0 saturated carbocycles. The number of hydrogen-bond donors (Lipinski definition) is 5. The van der Waals surface area contributed by atoms with Crippen LogP contribution in [0.2, 0.25) is 0 Å². The van der Waals surface area contributed by atoms with E-state index in [1.165, 1.54) is 51.5 Å². The summed E-state index contributed by atoms with van der Waals surface area (Å²) in [5, 5.41) is 51.3. The van der Waals surface area contributed by atoms with Gasteiger partial charge >= 0.3 is 5.97 Å². The number of carbonyl (C=O) groups excluding carboxylic acids is 1. The lowest BCUT2D eigenvalue weighted by Gasteiger charge is -2.34. The van der Waals surface area contributed by atoms with Crippen molar-refractivity contribution >= 4 is 5.97 Å². The molecule has 0 fully saturated rings. The summed E-state index contributed by atoms with van der Waals surface area (Å²) in [6.45, 7) is 0.724. The van der Waals surface area contributed by atoms with E-state index in [2.05, 4.69) is 0 Å². The van der Waals surface area contributed by atoms with Crippen molar-refractivity contribution in [3.8, 4) is 34.5 Å². The van der Waals surface area contributed by atoms with E-state index in [4.69, 9.17) is 14.2 Å². The summed E-state index contributed by atoms with van der Waals surface area (Å²) < 4.78 is 15.9. The van der Waals surface area contributed by atoms with Gasteiger partial charge in [0.25, 0.3) is 0 Å². The zero-order chi connectivity index (χ0) is 26.4. The van der Waals surface area contributed by atoms with Gasteiger partial charge in [-0.05, 0) is 53.1 Å². The second kappa shape index (κ2) is 11.5. The Hall–Kier alpha value is -4.11. The first kappa shape index (κ1) is 26.5. The van der Waals surface area contributed by atoms with Gasteiger partial charge in [-0.1, -0.05) is 12.1 Å². The summed E-state index contributed by atoms with van der Waals surface area (Å²) >= 11 is 0. The van der Waals surface area contributed by atoms with Crippen molar-refractivity contribution in [2.45, 2.75) is 18.8 Å². The van der Waals surface area contributed by atoms with Crippen LogP contribution in [-0.2, 0) is 9.53 Å². The Kier molecular flexibility index (Phi) is 8.50. The highest BCUT2D eigenvalue weighted by atomic mass is 16.5. The number of aliphatic hydroxyl groups is 1. The topological polar surface area (TPSA) is 146 Å². The van der Waals surface area contributed by atoms with Gasteiger partial charge in [0.1, 0.15) is 11.5 Å². The van der Waals surface area contributed by atoms with Crippen molar-refractivity contribution in [1.29, 1.82) is 0 Å². The number of aliphatic hydroxyl groups excluding tert-OH is 1. The highest BCUT2D eigenvalue weighted by Gasteiger charge is 2.35. The fourth-order valence-electron chi connectivity index (χ4n) is 4.43. The summed E-state index contributed by atoms with van der Waals surface area (Å²) in [6, 6.07) is 13.6. The Balaban J connectivity index is 2.24. The highest BCUT2D eigenvalue weighted by molar-refractivity contribution is 5.66. The summed E-state index contributed by atoms with van der Waals surface area (Å²) in [7, 11) is 2.83. The number of carbonyl (C=O) groups is 1. The van der Waals surface area contributed by atoms with Crippen LogP contribution >= 0.6 is 0 Å². The van der Waals surface area contributed by atoms with E-state index in [1.54, 1.807) is 24.3 Å². The molecule has 0 aliphatic carbocycles. The van der Waals surface area contributed by atoms with Gasteiger partial charge in [0, 0.05) is 37.4 Å². The van der Waals surface area contributed by atoms with Crippen LogP contribution in [0.4, 0.5) is 0 Å². The molecular weight excluding hydrogens is 468 g/mol. The predicted molar refractivity (Wildman–Crippen MR) is 131 cm³/mol. The molecule has 192 valence electrons. The number of phenols is 4. The molecule has 3 aromatic carbocycles. The number of phenolic OH excluding ortho intramolecular Hbond substituents is 4. The number of rotatable bonds is 10. The third kappa shape index (κ3) is 5.92. The van der Waals surface area contributed by atoms with E-state index >= 15 is 0 Å². The number of esters is 1. The van der Waals surface area contributed by atoms with Crippen molar-refractivity contribution in [3.05, 3.63) is 71.3 Å². The molecule has 0 heterocycles. The number of benzene rings is 3. The van der Waals surface area contributed by atoms with Gasteiger partial charge in [-0.2, -0.15) is 0 Å². The second-order valence-corrected chi connectivity index (χ2v) is 8.38. The molecule has 0 aliphatic heterocycles. The van der Waals surface area contributed by atoms with Crippen molar-refractivity contribution in [3.63, 3.8) is 0 Å². The highest BCUT2D eigenvalue weighted by Crippen LogP contribution is 2.45. The maximum Gasteiger partial charge on any atom is 0.302 e. The molecule has 3 aromatic rings. The van der Waals surface area contributed by atoms with Gasteiger partial charge in [-0.15, -0.1) is 0 Å². The number of aromatic hydroxyl groups is 4. The van der Waals surface area contributed by atoms with Gasteiger partial charge in [0.2, 0.25) is 0 Å². The Morgan fingerprint density at radius 1 is 0.778 bits per heavy atom. The van der Waals surface area contributed by atoms with Crippen molar-refractivity contribution in [1.82, 2.24) is 0 Å². The lowest BCUT2D eigenvalue weighted by molar-refractivity contribution is -0.142. The minimum absolute atomic E-state index is 0.0711. The molecule has 0 aliphatic rings. The van der Waals surface area contributed by atoms with Gasteiger partial charge in [-0.3, -0.25) is 4.79 Å². The van der Waals surface area contributed by atoms with Gasteiger partial charge in [-0.25, -0.2) is 0 Å². The summed E-state index contributed by atoms with van der Waals surface area (Å²) in [5.74, 6) is -2.57. The van der Waals surface area contributed by atoms with Crippen LogP contribution in [-0.4, -0.2) is 58.9 Å². The fraction of sp³-hybridized carbons (Fsp3) is 0.296. The molecule has 0 amide bonds. The maximum absolute atomic E-state index is 11.7. The minimum atomic E-state index is -0.679. The molecule has 9 heteroatoms. The third-order valence-electron chi connectivity index (χ3n) is 6.10. The van der Waals surface area contributed by atoms with Gasteiger partial charge < -0.3 is 39.7 Å². The average Bonchev–Trinajstić information content (AvgIpc) is 2.84. The van der Waals surface area contributed by atoms with E-state index in [0.29, 0.717) is 16.7 Å². The standard InChI is InChI=1S/C27H30O9/c1-15(29)36-14-22(18-8-19(30)12-20(31)9-18)21(13-28)27(16-4-6-23(32)25(10-16)34-2)17-5-7-24(33)26(11-17)35-3/h4-12,21-22,27-28,30-33H,13-14H2,1-3H3. The molecule has 0 bridgehead atoms. The normalized spacial score (nSPS) is 12.7. The maximum atomic E-state index is 11.7.